The summed E-state index contributed by atoms with van der Waals surface area (Å²) in [5.41, 5.74) is 0. The number of carbonyl (C=O) groups excluding carboxylic acids is 2. The van der Waals surface area contributed by atoms with Crippen LogP contribution in [0, 0.1) is 5.82 Å². The molecule has 0 aliphatic carbocycles. The number of carbonyl (C=O) groups is 2. The molecule has 0 bridgehead atoms. The molecule has 114 valence electrons. The SMILES string of the molecule is O=C(CCC(=O)Oc1ccccc1F)OCC1CCCO1. The second-order valence-corrected chi connectivity index (χ2v) is 4.72. The maximum absolute atomic E-state index is 13.3. The minimum Gasteiger partial charge on any atom is -0.463 e. The molecule has 1 aliphatic heterocycles. The highest BCUT2D eigenvalue weighted by molar-refractivity contribution is 5.79. The van der Waals surface area contributed by atoms with E-state index in [2.05, 4.69) is 0 Å². The molecule has 1 unspecified atom stereocenters. The lowest BCUT2D eigenvalue weighted by atomic mass is 10.2. The van der Waals surface area contributed by atoms with E-state index in [1.54, 1.807) is 6.07 Å². The largest absolute Gasteiger partial charge is 0.463 e. The number of ether oxygens (including phenoxy) is 3. The second kappa shape index (κ2) is 7.73. The van der Waals surface area contributed by atoms with Gasteiger partial charge in [-0.2, -0.15) is 0 Å². The zero-order valence-electron chi connectivity index (χ0n) is 11.5. The molecule has 0 radical (unpaired) electrons. The number of hydrogen-bond acceptors (Lipinski definition) is 5. The van der Waals surface area contributed by atoms with Crippen molar-refractivity contribution in [3.63, 3.8) is 0 Å². The number of para-hydroxylation sites is 1. The van der Waals surface area contributed by atoms with Crippen molar-refractivity contribution in [3.05, 3.63) is 30.1 Å². The van der Waals surface area contributed by atoms with Gasteiger partial charge in [-0.3, -0.25) is 9.59 Å². The zero-order chi connectivity index (χ0) is 15.1. The van der Waals surface area contributed by atoms with Crippen LogP contribution in [0.2, 0.25) is 0 Å². The molecule has 5 nitrogen and oxygen atoms in total. The lowest BCUT2D eigenvalue weighted by molar-refractivity contribution is -0.149. The molecule has 21 heavy (non-hydrogen) atoms. The minimum atomic E-state index is -0.672. The Labute approximate surface area is 122 Å². The normalized spacial score (nSPS) is 17.5. The van der Waals surface area contributed by atoms with Gasteiger partial charge in [-0.25, -0.2) is 4.39 Å². The van der Waals surface area contributed by atoms with Gasteiger partial charge in [0.2, 0.25) is 0 Å². The van der Waals surface area contributed by atoms with E-state index in [0.717, 1.165) is 12.8 Å². The van der Waals surface area contributed by atoms with Gasteiger partial charge in [0.25, 0.3) is 0 Å². The Balaban J connectivity index is 1.66. The summed E-state index contributed by atoms with van der Waals surface area (Å²) in [4.78, 5) is 23.0. The molecular formula is C15H17FO5. The fourth-order valence-electron chi connectivity index (χ4n) is 1.94. The number of esters is 2. The lowest BCUT2D eigenvalue weighted by Gasteiger charge is -2.10. The maximum Gasteiger partial charge on any atom is 0.311 e. The van der Waals surface area contributed by atoms with E-state index < -0.39 is 17.8 Å². The number of rotatable bonds is 6. The predicted molar refractivity (Wildman–Crippen MR) is 71.2 cm³/mol. The van der Waals surface area contributed by atoms with E-state index in [9.17, 15) is 14.0 Å². The van der Waals surface area contributed by atoms with Crippen molar-refractivity contribution in [2.24, 2.45) is 0 Å². The fourth-order valence-corrected chi connectivity index (χ4v) is 1.94. The van der Waals surface area contributed by atoms with Crippen molar-refractivity contribution >= 4 is 11.9 Å². The van der Waals surface area contributed by atoms with Crippen molar-refractivity contribution in [1.82, 2.24) is 0 Å². The molecule has 6 heteroatoms. The van der Waals surface area contributed by atoms with Crippen LogP contribution in [0.4, 0.5) is 4.39 Å². The molecule has 1 aromatic rings. The predicted octanol–water partition coefficient (Wildman–Crippen LogP) is 2.23. The Morgan fingerprint density at radius 1 is 1.24 bits per heavy atom. The van der Waals surface area contributed by atoms with Crippen LogP contribution in [0.15, 0.2) is 24.3 Å². The van der Waals surface area contributed by atoms with Gasteiger partial charge in [-0.1, -0.05) is 12.1 Å². The van der Waals surface area contributed by atoms with Crippen LogP contribution in [0.5, 0.6) is 5.75 Å². The van der Waals surface area contributed by atoms with Crippen LogP contribution >= 0.6 is 0 Å². The van der Waals surface area contributed by atoms with E-state index in [-0.39, 0.29) is 31.3 Å². The van der Waals surface area contributed by atoms with Crippen LogP contribution in [0.1, 0.15) is 25.7 Å². The molecule has 0 N–H and O–H groups in total. The summed E-state index contributed by atoms with van der Waals surface area (Å²) in [6.07, 6.45) is 1.55. The van der Waals surface area contributed by atoms with E-state index in [4.69, 9.17) is 14.2 Å². The molecule has 0 aromatic heterocycles. The van der Waals surface area contributed by atoms with Crippen molar-refractivity contribution in [2.75, 3.05) is 13.2 Å². The third-order valence-corrected chi connectivity index (χ3v) is 3.05. The summed E-state index contributed by atoms with van der Waals surface area (Å²) in [6, 6.07) is 5.60. The second-order valence-electron chi connectivity index (χ2n) is 4.72. The quantitative estimate of drug-likeness (QED) is 0.595. The van der Waals surface area contributed by atoms with Crippen LogP contribution in [-0.4, -0.2) is 31.3 Å². The van der Waals surface area contributed by atoms with Gasteiger partial charge in [-0.15, -0.1) is 0 Å². The van der Waals surface area contributed by atoms with E-state index in [1.165, 1.54) is 18.2 Å². The highest BCUT2D eigenvalue weighted by Gasteiger charge is 2.18. The minimum absolute atomic E-state index is 0.0423. The first kappa shape index (κ1) is 15.4. The third kappa shape index (κ3) is 5.15. The van der Waals surface area contributed by atoms with E-state index >= 15 is 0 Å². The zero-order valence-corrected chi connectivity index (χ0v) is 11.5. The molecule has 2 rings (SSSR count). The highest BCUT2D eigenvalue weighted by atomic mass is 19.1. The van der Waals surface area contributed by atoms with Gasteiger partial charge in [-0.05, 0) is 25.0 Å². The smallest absolute Gasteiger partial charge is 0.311 e. The van der Waals surface area contributed by atoms with Gasteiger partial charge < -0.3 is 14.2 Å². The molecular weight excluding hydrogens is 279 g/mol. The molecule has 0 spiro atoms. The molecule has 1 fully saturated rings. The van der Waals surface area contributed by atoms with Crippen LogP contribution in [0.3, 0.4) is 0 Å². The summed E-state index contributed by atoms with van der Waals surface area (Å²) < 4.78 is 28.4. The average Bonchev–Trinajstić information content (AvgIpc) is 2.99. The first-order valence-corrected chi connectivity index (χ1v) is 6.87. The number of benzene rings is 1. The van der Waals surface area contributed by atoms with E-state index in [0.29, 0.717) is 6.61 Å². The first-order chi connectivity index (χ1) is 10.1. The summed E-state index contributed by atoms with van der Waals surface area (Å²) >= 11 is 0. The van der Waals surface area contributed by atoms with Crippen LogP contribution in [0.25, 0.3) is 0 Å². The van der Waals surface area contributed by atoms with Crippen molar-refractivity contribution < 1.29 is 28.2 Å². The topological polar surface area (TPSA) is 61.8 Å². The molecule has 0 saturated carbocycles. The summed E-state index contributed by atoms with van der Waals surface area (Å²) in [5, 5.41) is 0. The standard InChI is InChI=1S/C15H17FO5/c16-12-5-1-2-6-13(12)21-15(18)8-7-14(17)20-10-11-4-3-9-19-11/h1-2,5-6,11H,3-4,7-10H2. The Morgan fingerprint density at radius 2 is 2.00 bits per heavy atom. The third-order valence-electron chi connectivity index (χ3n) is 3.05. The van der Waals surface area contributed by atoms with Gasteiger partial charge in [0, 0.05) is 6.61 Å². The fraction of sp³-hybridized carbons (Fsp3) is 0.467. The summed E-state index contributed by atoms with van der Waals surface area (Å²) in [7, 11) is 0. The average molecular weight is 296 g/mol. The molecule has 1 saturated heterocycles. The maximum atomic E-state index is 13.3. The lowest BCUT2D eigenvalue weighted by Crippen LogP contribution is -2.19. The van der Waals surface area contributed by atoms with Crippen molar-refractivity contribution in [3.8, 4) is 5.75 Å². The van der Waals surface area contributed by atoms with Gasteiger partial charge in [0.05, 0.1) is 18.9 Å². The monoisotopic (exact) mass is 296 g/mol. The first-order valence-electron chi connectivity index (χ1n) is 6.87. The summed E-state index contributed by atoms with van der Waals surface area (Å²) in [5.74, 6) is -1.92. The van der Waals surface area contributed by atoms with Gasteiger partial charge in [0.15, 0.2) is 11.6 Å². The Bertz CT molecular complexity index is 497. The molecule has 1 aromatic carbocycles. The number of halogens is 1. The molecule has 1 aliphatic rings. The van der Waals surface area contributed by atoms with Crippen molar-refractivity contribution in [2.45, 2.75) is 31.8 Å². The molecule has 0 amide bonds. The molecule has 1 heterocycles. The van der Waals surface area contributed by atoms with Crippen molar-refractivity contribution in [1.29, 1.82) is 0 Å². The van der Waals surface area contributed by atoms with Gasteiger partial charge in [0.1, 0.15) is 6.61 Å². The van der Waals surface area contributed by atoms with Gasteiger partial charge >= 0.3 is 11.9 Å². The Morgan fingerprint density at radius 3 is 2.71 bits per heavy atom. The van der Waals surface area contributed by atoms with Crippen LogP contribution < -0.4 is 4.74 Å². The van der Waals surface area contributed by atoms with Crippen LogP contribution in [-0.2, 0) is 19.1 Å². The Hall–Kier alpha value is -1.95. The van der Waals surface area contributed by atoms with E-state index in [1.807, 2.05) is 0 Å². The highest BCUT2D eigenvalue weighted by Crippen LogP contribution is 2.16. The summed E-state index contributed by atoms with van der Waals surface area (Å²) in [6.45, 7) is 0.901. The Kier molecular flexibility index (Phi) is 5.68. The molecule has 1 atom stereocenters. The number of hydrogen-bond donors (Lipinski definition) is 0.